The molecule has 0 radical (unpaired) electrons. The first-order valence-electron chi connectivity index (χ1n) is 3.30. The Labute approximate surface area is 72.0 Å². The van der Waals surface area contributed by atoms with Gasteiger partial charge >= 0.3 is 11.9 Å². The first-order valence-corrected chi connectivity index (χ1v) is 3.30. The predicted octanol–water partition coefficient (Wildman–Crippen LogP) is -0.168. The molecule has 1 N–H and O–H groups in total. The van der Waals surface area contributed by atoms with Crippen molar-refractivity contribution in [2.45, 2.75) is 13.0 Å². The number of nitrogens with zero attached hydrogens (tertiary/aromatic N) is 4. The van der Waals surface area contributed by atoms with Gasteiger partial charge < -0.3 is 15.2 Å². The lowest BCUT2D eigenvalue weighted by atomic mass is 10.4. The molecule has 1 heterocycles. The second-order valence-electron chi connectivity index (χ2n) is 2.30. The molecule has 1 atom stereocenters. The van der Waals surface area contributed by atoms with Crippen LogP contribution >= 0.6 is 0 Å². The van der Waals surface area contributed by atoms with E-state index in [2.05, 4.69) is 10.1 Å². The topological polar surface area (TPSA) is 111 Å². The fraction of sp³-hybridized carbons (Fsp3) is 0.400. The van der Waals surface area contributed by atoms with Crippen LogP contribution in [0.5, 0.6) is 0 Å². The summed E-state index contributed by atoms with van der Waals surface area (Å²) >= 11 is 0. The Morgan fingerprint density at radius 3 is 2.85 bits per heavy atom. The minimum Gasteiger partial charge on any atom is -0.480 e. The average molecular weight is 186 g/mol. The van der Waals surface area contributed by atoms with E-state index in [1.165, 1.54) is 6.92 Å². The first-order chi connectivity index (χ1) is 6.02. The summed E-state index contributed by atoms with van der Waals surface area (Å²) in [4.78, 5) is 23.1. The van der Waals surface area contributed by atoms with Crippen molar-refractivity contribution < 1.29 is 14.8 Å². The molecule has 0 aromatic carbocycles. The first kappa shape index (κ1) is 9.10. The van der Waals surface area contributed by atoms with Crippen LogP contribution in [0.25, 0.3) is 0 Å². The molecule has 0 saturated carbocycles. The zero-order valence-electron chi connectivity index (χ0n) is 6.62. The summed E-state index contributed by atoms with van der Waals surface area (Å²) in [5.41, 5.74) is 0. The predicted molar refractivity (Wildman–Crippen MR) is 39.0 cm³/mol. The number of hydrogen-bond acceptors (Lipinski definition) is 5. The van der Waals surface area contributed by atoms with Gasteiger partial charge in [0.05, 0.1) is 0 Å². The molecule has 8 nitrogen and oxygen atoms in total. The van der Waals surface area contributed by atoms with Crippen molar-refractivity contribution in [2.24, 2.45) is 0 Å². The molecule has 0 bridgehead atoms. The van der Waals surface area contributed by atoms with Crippen LogP contribution in [0.1, 0.15) is 13.0 Å². The average Bonchev–Trinajstić information content (AvgIpc) is 2.50. The highest BCUT2D eigenvalue weighted by molar-refractivity contribution is 5.71. The standard InChI is InChI=1S/C5H6N4O4/c1-3(4(10)11)8-2-6-5(7-8)9(12)13/h2-3H,1H3,(H,10,11)/t3-/m0/s1. The molecule has 8 heteroatoms. The van der Waals surface area contributed by atoms with E-state index in [0.29, 0.717) is 0 Å². The highest BCUT2D eigenvalue weighted by Gasteiger charge is 2.21. The quantitative estimate of drug-likeness (QED) is 0.518. The molecule has 13 heavy (non-hydrogen) atoms. The minimum absolute atomic E-state index is 0.604. The zero-order chi connectivity index (χ0) is 10.0. The summed E-state index contributed by atoms with van der Waals surface area (Å²) in [6.45, 7) is 1.35. The van der Waals surface area contributed by atoms with Crippen LogP contribution in [0.15, 0.2) is 6.33 Å². The highest BCUT2D eigenvalue weighted by Crippen LogP contribution is 2.06. The van der Waals surface area contributed by atoms with Crippen LogP contribution in [-0.2, 0) is 4.79 Å². The van der Waals surface area contributed by atoms with Crippen LogP contribution < -0.4 is 0 Å². The van der Waals surface area contributed by atoms with Gasteiger partial charge in [0.15, 0.2) is 6.04 Å². The fourth-order valence-corrected chi connectivity index (χ4v) is 0.649. The van der Waals surface area contributed by atoms with Gasteiger partial charge in [-0.25, -0.2) is 4.79 Å². The SMILES string of the molecule is C[C@@H](C(=O)O)n1cnc([N+](=O)[O-])n1. The number of aliphatic carboxylic acids is 1. The van der Waals surface area contributed by atoms with Gasteiger partial charge in [-0.1, -0.05) is 4.98 Å². The van der Waals surface area contributed by atoms with Crippen molar-refractivity contribution in [1.82, 2.24) is 14.8 Å². The smallest absolute Gasteiger partial charge is 0.480 e. The van der Waals surface area contributed by atoms with Crippen LogP contribution in [-0.4, -0.2) is 30.8 Å². The Hall–Kier alpha value is -1.99. The number of carboxylic acid groups (broad SMARTS) is 1. The molecule has 70 valence electrons. The number of rotatable bonds is 3. The summed E-state index contributed by atoms with van der Waals surface area (Å²) in [6.07, 6.45) is 1.01. The molecule has 0 amide bonds. The van der Waals surface area contributed by atoms with Crippen LogP contribution in [0, 0.1) is 10.1 Å². The van der Waals surface area contributed by atoms with E-state index < -0.39 is 22.9 Å². The summed E-state index contributed by atoms with van der Waals surface area (Å²) in [7, 11) is 0. The molecular formula is C5H6N4O4. The van der Waals surface area contributed by atoms with Crippen LogP contribution in [0.2, 0.25) is 0 Å². The van der Waals surface area contributed by atoms with Gasteiger partial charge in [0, 0.05) is 5.10 Å². The monoisotopic (exact) mass is 186 g/mol. The van der Waals surface area contributed by atoms with E-state index in [-0.39, 0.29) is 0 Å². The van der Waals surface area contributed by atoms with Gasteiger partial charge in [0.25, 0.3) is 0 Å². The summed E-state index contributed by atoms with van der Waals surface area (Å²) < 4.78 is 0.917. The van der Waals surface area contributed by atoms with Crippen molar-refractivity contribution in [3.63, 3.8) is 0 Å². The minimum atomic E-state index is -1.13. The van der Waals surface area contributed by atoms with E-state index in [9.17, 15) is 14.9 Å². The number of aromatic nitrogens is 3. The van der Waals surface area contributed by atoms with Gasteiger partial charge in [-0.05, 0) is 11.8 Å². The Morgan fingerprint density at radius 1 is 1.85 bits per heavy atom. The Bertz CT molecular complexity index is 346. The van der Waals surface area contributed by atoms with Gasteiger partial charge in [-0.15, -0.1) is 0 Å². The maximum atomic E-state index is 10.4. The summed E-state index contributed by atoms with van der Waals surface area (Å²) in [5, 5.41) is 22.0. The number of nitro groups is 1. The molecule has 0 unspecified atom stereocenters. The highest BCUT2D eigenvalue weighted by atomic mass is 16.6. The van der Waals surface area contributed by atoms with E-state index in [4.69, 9.17) is 5.11 Å². The molecule has 0 saturated heterocycles. The zero-order valence-corrected chi connectivity index (χ0v) is 6.62. The Morgan fingerprint density at radius 2 is 2.46 bits per heavy atom. The third kappa shape index (κ3) is 1.78. The summed E-state index contributed by atoms with van der Waals surface area (Å²) in [5.74, 6) is -1.73. The van der Waals surface area contributed by atoms with Crippen LogP contribution in [0.3, 0.4) is 0 Å². The van der Waals surface area contributed by atoms with Gasteiger partial charge in [0.2, 0.25) is 6.33 Å². The normalized spacial score (nSPS) is 12.4. The van der Waals surface area contributed by atoms with Crippen molar-refractivity contribution in [1.29, 1.82) is 0 Å². The third-order valence-electron chi connectivity index (χ3n) is 1.41. The third-order valence-corrected chi connectivity index (χ3v) is 1.41. The van der Waals surface area contributed by atoms with E-state index in [1.54, 1.807) is 0 Å². The van der Waals surface area contributed by atoms with Gasteiger partial charge in [-0.3, -0.25) is 0 Å². The number of carbonyl (C=O) groups is 1. The molecule has 0 aliphatic rings. The lowest BCUT2D eigenvalue weighted by Crippen LogP contribution is -2.16. The molecule has 0 fully saturated rings. The molecule has 0 aliphatic carbocycles. The maximum Gasteiger partial charge on any atom is 0.490 e. The molecule has 0 aliphatic heterocycles. The van der Waals surface area contributed by atoms with Gasteiger partial charge in [0.1, 0.15) is 0 Å². The number of hydrogen-bond donors (Lipinski definition) is 1. The molecule has 1 rings (SSSR count). The summed E-state index contributed by atoms with van der Waals surface area (Å²) in [6, 6.07) is -0.957. The maximum absolute atomic E-state index is 10.4. The van der Waals surface area contributed by atoms with Crippen molar-refractivity contribution in [3.8, 4) is 0 Å². The Balaban J connectivity index is 2.91. The lowest BCUT2D eigenvalue weighted by Gasteiger charge is -1.99. The number of carboxylic acids is 1. The van der Waals surface area contributed by atoms with E-state index in [1.807, 2.05) is 0 Å². The van der Waals surface area contributed by atoms with E-state index in [0.717, 1.165) is 11.0 Å². The largest absolute Gasteiger partial charge is 0.490 e. The van der Waals surface area contributed by atoms with Crippen LogP contribution in [0.4, 0.5) is 5.95 Å². The molecular weight excluding hydrogens is 180 g/mol. The van der Waals surface area contributed by atoms with Crippen molar-refractivity contribution >= 4 is 11.9 Å². The lowest BCUT2D eigenvalue weighted by molar-refractivity contribution is -0.394. The second kappa shape index (κ2) is 3.17. The molecule has 0 spiro atoms. The second-order valence-corrected chi connectivity index (χ2v) is 2.30. The Kier molecular flexibility index (Phi) is 2.22. The van der Waals surface area contributed by atoms with E-state index >= 15 is 0 Å². The fourth-order valence-electron chi connectivity index (χ4n) is 0.649. The van der Waals surface area contributed by atoms with Crippen molar-refractivity contribution in [2.75, 3.05) is 0 Å². The molecule has 1 aromatic rings. The van der Waals surface area contributed by atoms with Gasteiger partial charge in [-0.2, -0.15) is 4.68 Å². The molecule has 1 aromatic heterocycles. The van der Waals surface area contributed by atoms with Crippen molar-refractivity contribution in [3.05, 3.63) is 16.4 Å².